The zero-order chi connectivity index (χ0) is 9.68. The average molecular weight is 170 g/mol. The Hall–Kier alpha value is -1.56. The number of allylic oxidation sites excluding steroid dienone is 4. The fourth-order valence-corrected chi connectivity index (χ4v) is 1.29. The maximum Gasteiger partial charge on any atom is -0.0155 e. The van der Waals surface area contributed by atoms with Gasteiger partial charge in [0.2, 0.25) is 0 Å². The van der Waals surface area contributed by atoms with Crippen LogP contribution in [-0.4, -0.2) is 0 Å². The summed E-state index contributed by atoms with van der Waals surface area (Å²) in [6.07, 6.45) is 5.60. The summed E-state index contributed by atoms with van der Waals surface area (Å²) in [6, 6.07) is 8.25. The quantitative estimate of drug-likeness (QED) is 0.606. The molecule has 0 aliphatic rings. The summed E-state index contributed by atoms with van der Waals surface area (Å²) < 4.78 is 0. The van der Waals surface area contributed by atoms with E-state index in [9.17, 15) is 0 Å². The van der Waals surface area contributed by atoms with Crippen LogP contribution in [-0.2, 0) is 0 Å². The summed E-state index contributed by atoms with van der Waals surface area (Å²) in [5, 5.41) is 0. The highest BCUT2D eigenvalue weighted by Crippen LogP contribution is 2.19. The maximum absolute atomic E-state index is 3.78. The largest absolute Gasteiger partial charge is 0.0990 e. The van der Waals surface area contributed by atoms with E-state index < -0.39 is 0 Å². The Bertz CT molecular complexity index is 343. The normalized spacial score (nSPS) is 11.0. The van der Waals surface area contributed by atoms with Gasteiger partial charge in [0.15, 0.2) is 0 Å². The lowest BCUT2D eigenvalue weighted by Crippen LogP contribution is -1.84. The molecule has 1 rings (SSSR count). The first-order valence-electron chi connectivity index (χ1n) is 4.30. The van der Waals surface area contributed by atoms with Crippen LogP contribution in [0.5, 0.6) is 0 Å². The zero-order valence-electron chi connectivity index (χ0n) is 7.96. The molecule has 0 spiro atoms. The van der Waals surface area contributed by atoms with Crippen LogP contribution in [0.3, 0.4) is 0 Å². The summed E-state index contributed by atoms with van der Waals surface area (Å²) in [7, 11) is 0. The molecule has 0 N–H and O–H groups in total. The number of rotatable bonds is 3. The molecule has 66 valence electrons. The molecule has 1 aromatic rings. The minimum absolute atomic E-state index is 1.12. The van der Waals surface area contributed by atoms with Crippen molar-refractivity contribution >= 4 is 5.57 Å². The van der Waals surface area contributed by atoms with Gasteiger partial charge in [-0.1, -0.05) is 55.7 Å². The molecular weight excluding hydrogens is 156 g/mol. The molecule has 0 heterocycles. The van der Waals surface area contributed by atoms with E-state index in [1.54, 1.807) is 6.08 Å². The van der Waals surface area contributed by atoms with Crippen molar-refractivity contribution < 1.29 is 0 Å². The Morgan fingerprint density at radius 2 is 1.92 bits per heavy atom. The molecule has 0 saturated heterocycles. The third-order valence-corrected chi connectivity index (χ3v) is 1.97. The number of hydrogen-bond donors (Lipinski definition) is 0. The fraction of sp³-hybridized carbons (Fsp3) is 0.0769. The van der Waals surface area contributed by atoms with Crippen molar-refractivity contribution in [3.8, 4) is 0 Å². The highest BCUT2D eigenvalue weighted by Gasteiger charge is 1.98. The fourth-order valence-electron chi connectivity index (χ4n) is 1.29. The van der Waals surface area contributed by atoms with Crippen LogP contribution in [0.25, 0.3) is 5.57 Å². The molecule has 0 amide bonds. The Morgan fingerprint density at radius 1 is 1.23 bits per heavy atom. The van der Waals surface area contributed by atoms with Gasteiger partial charge in [-0.05, 0) is 23.6 Å². The van der Waals surface area contributed by atoms with Crippen molar-refractivity contribution in [2.75, 3.05) is 0 Å². The van der Waals surface area contributed by atoms with Crippen molar-refractivity contribution in [3.05, 3.63) is 66.8 Å². The summed E-state index contributed by atoms with van der Waals surface area (Å²) >= 11 is 0. The van der Waals surface area contributed by atoms with Gasteiger partial charge in [0.1, 0.15) is 0 Å². The molecule has 0 aliphatic heterocycles. The van der Waals surface area contributed by atoms with E-state index in [1.807, 2.05) is 24.3 Å². The predicted molar refractivity (Wildman–Crippen MR) is 59.6 cm³/mol. The van der Waals surface area contributed by atoms with Gasteiger partial charge in [-0.2, -0.15) is 0 Å². The lowest BCUT2D eigenvalue weighted by atomic mass is 10.0. The van der Waals surface area contributed by atoms with E-state index in [-0.39, 0.29) is 0 Å². The van der Waals surface area contributed by atoms with E-state index in [1.165, 1.54) is 11.1 Å². The van der Waals surface area contributed by atoms with Crippen molar-refractivity contribution in [3.63, 3.8) is 0 Å². The molecular formula is C13H14. The van der Waals surface area contributed by atoms with Crippen molar-refractivity contribution in [2.45, 2.75) is 6.92 Å². The second-order valence-electron chi connectivity index (χ2n) is 2.88. The molecule has 0 atom stereocenters. The summed E-state index contributed by atoms with van der Waals surface area (Å²) in [5.74, 6) is 0. The number of aryl methyl sites for hydroxylation is 1. The van der Waals surface area contributed by atoms with E-state index in [0.717, 1.165) is 5.57 Å². The van der Waals surface area contributed by atoms with Crippen LogP contribution in [0.1, 0.15) is 11.1 Å². The number of benzene rings is 1. The summed E-state index contributed by atoms with van der Waals surface area (Å²) in [5.41, 5.74) is 3.60. The Labute approximate surface area is 79.9 Å². The molecule has 0 bridgehead atoms. The second kappa shape index (κ2) is 4.46. The van der Waals surface area contributed by atoms with Crippen LogP contribution >= 0.6 is 0 Å². The van der Waals surface area contributed by atoms with Crippen LogP contribution < -0.4 is 0 Å². The van der Waals surface area contributed by atoms with E-state index in [0.29, 0.717) is 0 Å². The van der Waals surface area contributed by atoms with Crippen molar-refractivity contribution in [2.24, 2.45) is 0 Å². The summed E-state index contributed by atoms with van der Waals surface area (Å²) in [4.78, 5) is 0. The molecule has 0 aromatic heterocycles. The highest BCUT2D eigenvalue weighted by molar-refractivity contribution is 5.76. The Morgan fingerprint density at radius 3 is 2.46 bits per heavy atom. The molecule has 0 heteroatoms. The molecule has 0 unspecified atom stereocenters. The van der Waals surface area contributed by atoms with Gasteiger partial charge in [-0.15, -0.1) is 0 Å². The molecule has 1 aromatic carbocycles. The van der Waals surface area contributed by atoms with Crippen LogP contribution in [0, 0.1) is 6.92 Å². The first kappa shape index (κ1) is 9.53. The van der Waals surface area contributed by atoms with Gasteiger partial charge in [-0.25, -0.2) is 0 Å². The van der Waals surface area contributed by atoms with E-state index in [2.05, 4.69) is 32.2 Å². The maximum atomic E-state index is 3.78. The zero-order valence-corrected chi connectivity index (χ0v) is 7.96. The second-order valence-corrected chi connectivity index (χ2v) is 2.88. The molecule has 0 saturated carbocycles. The van der Waals surface area contributed by atoms with Crippen molar-refractivity contribution in [1.82, 2.24) is 0 Å². The third-order valence-electron chi connectivity index (χ3n) is 1.97. The minimum atomic E-state index is 1.12. The number of hydrogen-bond acceptors (Lipinski definition) is 0. The molecule has 0 aliphatic carbocycles. The highest BCUT2D eigenvalue weighted by atomic mass is 14.0. The SMILES string of the molecule is C=C/C=C(/C=C)c1ccccc1C. The topological polar surface area (TPSA) is 0 Å². The van der Waals surface area contributed by atoms with Gasteiger partial charge >= 0.3 is 0 Å². The molecule has 13 heavy (non-hydrogen) atoms. The Kier molecular flexibility index (Phi) is 3.27. The van der Waals surface area contributed by atoms with Crippen molar-refractivity contribution in [1.29, 1.82) is 0 Å². The Balaban J connectivity index is 3.19. The van der Waals surface area contributed by atoms with E-state index in [4.69, 9.17) is 0 Å². The first-order chi connectivity index (χ1) is 6.29. The van der Waals surface area contributed by atoms with Gasteiger partial charge in [0.05, 0.1) is 0 Å². The molecule has 0 fully saturated rings. The van der Waals surface area contributed by atoms with E-state index >= 15 is 0 Å². The van der Waals surface area contributed by atoms with Gasteiger partial charge < -0.3 is 0 Å². The standard InChI is InChI=1S/C13H14/c1-4-8-12(5-2)13-10-7-6-9-11(13)3/h4-10H,1-2H2,3H3/b12-8-. The van der Waals surface area contributed by atoms with Crippen LogP contribution in [0.2, 0.25) is 0 Å². The average Bonchev–Trinajstić information content (AvgIpc) is 2.16. The first-order valence-corrected chi connectivity index (χ1v) is 4.30. The lowest BCUT2D eigenvalue weighted by molar-refractivity contribution is 1.43. The lowest BCUT2D eigenvalue weighted by Gasteiger charge is -2.04. The molecule has 0 radical (unpaired) electrons. The van der Waals surface area contributed by atoms with Gasteiger partial charge in [-0.3, -0.25) is 0 Å². The predicted octanol–water partition coefficient (Wildman–Crippen LogP) is 3.75. The van der Waals surface area contributed by atoms with Crippen LogP contribution in [0.15, 0.2) is 55.7 Å². The molecule has 0 nitrogen and oxygen atoms in total. The van der Waals surface area contributed by atoms with Gasteiger partial charge in [0.25, 0.3) is 0 Å². The summed E-state index contributed by atoms with van der Waals surface area (Å²) in [6.45, 7) is 9.55. The monoisotopic (exact) mass is 170 g/mol. The minimum Gasteiger partial charge on any atom is -0.0990 e. The smallest absolute Gasteiger partial charge is 0.0155 e. The van der Waals surface area contributed by atoms with Gasteiger partial charge in [0, 0.05) is 0 Å². The van der Waals surface area contributed by atoms with Crippen LogP contribution in [0.4, 0.5) is 0 Å². The third kappa shape index (κ3) is 2.19.